The molecule has 0 fully saturated rings. The van der Waals surface area contributed by atoms with E-state index in [1.165, 1.54) is 57.5 Å². The molecular weight excluding hydrogens is 653 g/mol. The molecule has 8 unspecified atom stereocenters. The molecule has 1 nitrogen and oxygen atoms in total. The summed E-state index contributed by atoms with van der Waals surface area (Å²) in [6.45, 7) is 2.40. The molecule has 0 aromatic heterocycles. The predicted molar refractivity (Wildman–Crippen MR) is 224 cm³/mol. The normalized spacial score (nSPS) is 30.3. The van der Waals surface area contributed by atoms with E-state index >= 15 is 0 Å². The van der Waals surface area contributed by atoms with Crippen molar-refractivity contribution in [1.29, 1.82) is 0 Å². The highest BCUT2D eigenvalue weighted by atomic mass is 16.5. The van der Waals surface area contributed by atoms with Gasteiger partial charge < -0.3 is 4.74 Å². The largest absolute Gasteiger partial charge is 0.461 e. The highest BCUT2D eigenvalue weighted by molar-refractivity contribution is 5.95. The van der Waals surface area contributed by atoms with E-state index in [4.69, 9.17) is 4.74 Å². The van der Waals surface area contributed by atoms with E-state index in [0.29, 0.717) is 47.3 Å². The summed E-state index contributed by atoms with van der Waals surface area (Å²) in [7, 11) is 0. The van der Waals surface area contributed by atoms with Gasteiger partial charge >= 0.3 is 0 Å². The lowest BCUT2D eigenvalue weighted by Gasteiger charge is -2.37. The van der Waals surface area contributed by atoms with Gasteiger partial charge in [0.15, 0.2) is 0 Å². The Labute approximate surface area is 320 Å². The van der Waals surface area contributed by atoms with Crippen LogP contribution in [0.5, 0.6) is 5.75 Å². The molecule has 0 amide bonds. The van der Waals surface area contributed by atoms with Crippen LogP contribution in [0.15, 0.2) is 138 Å². The van der Waals surface area contributed by atoms with Crippen molar-refractivity contribution in [2.24, 2.45) is 29.6 Å². The number of benzene rings is 4. The average molecular weight is 701 g/mol. The molecule has 266 valence electrons. The molecule has 7 aliphatic rings. The first-order valence-corrected chi connectivity index (χ1v) is 20.8. The van der Waals surface area contributed by atoms with Gasteiger partial charge in [0.25, 0.3) is 0 Å². The highest BCUT2D eigenvalue weighted by Crippen LogP contribution is 2.53. The molecule has 4 aromatic carbocycles. The van der Waals surface area contributed by atoms with Gasteiger partial charge in [-0.25, -0.2) is 0 Å². The Morgan fingerprint density at radius 3 is 2.52 bits per heavy atom. The van der Waals surface area contributed by atoms with Crippen molar-refractivity contribution in [3.63, 3.8) is 0 Å². The number of fused-ring (bicyclic) bond motifs is 8. The second-order valence-electron chi connectivity index (χ2n) is 17.1. The first kappa shape index (κ1) is 32.4. The fourth-order valence-corrected chi connectivity index (χ4v) is 11.5. The lowest BCUT2D eigenvalue weighted by atomic mass is 9.67. The number of hydrogen-bond donors (Lipinski definition) is 0. The lowest BCUT2D eigenvalue weighted by Crippen LogP contribution is -2.26. The molecule has 0 saturated carbocycles. The minimum absolute atomic E-state index is 0.321. The maximum atomic E-state index is 6.49. The van der Waals surface area contributed by atoms with Gasteiger partial charge in [0.1, 0.15) is 11.5 Å². The smallest absolute Gasteiger partial charge is 0.131 e. The van der Waals surface area contributed by atoms with Crippen LogP contribution >= 0.6 is 0 Å². The number of allylic oxidation sites excluding steroid dienone is 13. The van der Waals surface area contributed by atoms with E-state index in [2.05, 4.69) is 146 Å². The number of ether oxygens (including phenoxy) is 1. The Hall–Kier alpha value is -5.06. The van der Waals surface area contributed by atoms with E-state index in [1.54, 1.807) is 22.3 Å². The molecule has 0 radical (unpaired) electrons. The zero-order chi connectivity index (χ0) is 35.8. The number of rotatable bonds is 4. The van der Waals surface area contributed by atoms with Gasteiger partial charge in [-0.3, -0.25) is 0 Å². The zero-order valence-corrected chi connectivity index (χ0v) is 31.3. The van der Waals surface area contributed by atoms with Crippen LogP contribution in [0, 0.1) is 41.4 Å². The van der Waals surface area contributed by atoms with E-state index in [9.17, 15) is 0 Å². The van der Waals surface area contributed by atoms with Crippen LogP contribution in [0.2, 0.25) is 0 Å². The van der Waals surface area contributed by atoms with Gasteiger partial charge in [-0.2, -0.15) is 0 Å². The van der Waals surface area contributed by atoms with Crippen molar-refractivity contribution in [2.75, 3.05) is 0 Å². The van der Waals surface area contributed by atoms with Crippen LogP contribution in [-0.4, -0.2) is 0 Å². The zero-order valence-electron chi connectivity index (χ0n) is 31.3. The summed E-state index contributed by atoms with van der Waals surface area (Å²) in [5, 5.41) is 5.57. The first-order chi connectivity index (χ1) is 26.7. The molecule has 0 spiro atoms. The molecule has 4 aromatic rings. The third kappa shape index (κ3) is 5.28. The molecular formula is C53H48O. The third-order valence-corrected chi connectivity index (χ3v) is 14.0. The summed E-state index contributed by atoms with van der Waals surface area (Å²) in [6.07, 6.45) is 36.2. The van der Waals surface area contributed by atoms with Crippen molar-refractivity contribution < 1.29 is 4.74 Å². The fraction of sp³-hybridized carbons (Fsp3) is 0.321. The molecule has 1 heterocycles. The fourth-order valence-electron chi connectivity index (χ4n) is 11.5. The summed E-state index contributed by atoms with van der Waals surface area (Å²) < 4.78 is 6.49. The van der Waals surface area contributed by atoms with Gasteiger partial charge in [0.05, 0.1) is 0 Å². The molecule has 0 saturated heterocycles. The van der Waals surface area contributed by atoms with Crippen LogP contribution in [0.1, 0.15) is 97.4 Å². The maximum Gasteiger partial charge on any atom is 0.131 e. The van der Waals surface area contributed by atoms with Crippen molar-refractivity contribution in [1.82, 2.24) is 0 Å². The van der Waals surface area contributed by atoms with Crippen molar-refractivity contribution in [3.8, 4) is 17.6 Å². The van der Waals surface area contributed by atoms with Crippen LogP contribution in [0.3, 0.4) is 0 Å². The lowest BCUT2D eigenvalue weighted by molar-refractivity contribution is 0.379. The van der Waals surface area contributed by atoms with Gasteiger partial charge in [-0.1, -0.05) is 134 Å². The van der Waals surface area contributed by atoms with Crippen molar-refractivity contribution in [3.05, 3.63) is 166 Å². The summed E-state index contributed by atoms with van der Waals surface area (Å²) in [4.78, 5) is 0. The van der Waals surface area contributed by atoms with Crippen LogP contribution in [0.25, 0.3) is 27.6 Å². The topological polar surface area (TPSA) is 9.23 Å². The summed E-state index contributed by atoms with van der Waals surface area (Å²) in [5.74, 6) is 12.7. The van der Waals surface area contributed by atoms with Crippen molar-refractivity contribution in [2.45, 2.75) is 76.0 Å². The first-order valence-electron chi connectivity index (χ1n) is 20.8. The molecule has 8 atom stereocenters. The molecule has 11 rings (SSSR count). The molecule has 1 aliphatic heterocycles. The Balaban J connectivity index is 0.964. The second kappa shape index (κ2) is 13.1. The quantitative estimate of drug-likeness (QED) is 0.152. The van der Waals surface area contributed by atoms with E-state index in [-0.39, 0.29) is 0 Å². The monoisotopic (exact) mass is 700 g/mol. The summed E-state index contributed by atoms with van der Waals surface area (Å²) in [6, 6.07) is 22.7. The SMILES string of the molecule is CC1C=Cc2c(c(C3C=CCC(C4=CCCC5C#CC=CC45)C3)c3ccccc3c2C2C=C(C3CC=C4Oc5ccc6ccccc6c5C4C3)C=CC2)C1. The van der Waals surface area contributed by atoms with Crippen LogP contribution < -0.4 is 4.74 Å². The van der Waals surface area contributed by atoms with Crippen LogP contribution in [0.4, 0.5) is 0 Å². The highest BCUT2D eigenvalue weighted by Gasteiger charge is 2.38. The Morgan fingerprint density at radius 1 is 0.722 bits per heavy atom. The minimum Gasteiger partial charge on any atom is -0.461 e. The van der Waals surface area contributed by atoms with E-state index in [0.717, 1.165) is 43.6 Å². The van der Waals surface area contributed by atoms with Gasteiger partial charge in [0.2, 0.25) is 0 Å². The maximum absolute atomic E-state index is 6.49. The Bertz CT molecular complexity index is 2500. The third-order valence-electron chi connectivity index (χ3n) is 14.0. The van der Waals surface area contributed by atoms with Gasteiger partial charge in [0, 0.05) is 35.2 Å². The summed E-state index contributed by atoms with van der Waals surface area (Å²) >= 11 is 0. The molecule has 0 bridgehead atoms. The predicted octanol–water partition coefficient (Wildman–Crippen LogP) is 13.2. The Morgan fingerprint density at radius 2 is 1.59 bits per heavy atom. The van der Waals surface area contributed by atoms with E-state index < -0.39 is 0 Å². The molecule has 54 heavy (non-hydrogen) atoms. The minimum atomic E-state index is 0.321. The van der Waals surface area contributed by atoms with E-state index in [1.807, 2.05) is 0 Å². The van der Waals surface area contributed by atoms with Gasteiger partial charge in [-0.05, 0) is 137 Å². The Kier molecular flexibility index (Phi) is 7.83. The molecule has 1 heteroatoms. The average Bonchev–Trinajstić information content (AvgIpc) is 3.61. The second-order valence-corrected chi connectivity index (χ2v) is 17.1. The molecule has 6 aliphatic carbocycles. The van der Waals surface area contributed by atoms with Crippen LogP contribution in [-0.2, 0) is 6.42 Å². The van der Waals surface area contributed by atoms with Gasteiger partial charge in [-0.15, -0.1) is 0 Å². The number of hydrogen-bond acceptors (Lipinski definition) is 1. The van der Waals surface area contributed by atoms with Crippen molar-refractivity contribution >= 4 is 27.6 Å². The molecule has 0 N–H and O–H groups in total. The standard InChI is InChI=1S/C53H48O/c1-33-23-26-46-47(29-33)52(40-17-9-15-38(31-40)42-22-10-13-34-11-2-4-18-41(34)42)45-21-7-6-20-44(45)51(46)39-16-8-14-36(30-39)37-25-27-49-48(32-37)53-43-19-5-3-12-35(43)24-28-50(53)54-49/h3-9,12,14,17-24,26-28,30,33-34,37-41,48H,10,13,15-16,25,29,31-32H2,1H3. The summed E-state index contributed by atoms with van der Waals surface area (Å²) in [5.41, 5.74) is 10.8.